The van der Waals surface area contributed by atoms with Gasteiger partial charge in [-0.1, -0.05) is 37.4 Å². The highest BCUT2D eigenvalue weighted by Crippen LogP contribution is 2.31. The Labute approximate surface area is 145 Å². The van der Waals surface area contributed by atoms with Crippen LogP contribution in [0.2, 0.25) is 0 Å². The van der Waals surface area contributed by atoms with E-state index in [4.69, 9.17) is 10.2 Å². The molecule has 0 bridgehead atoms. The summed E-state index contributed by atoms with van der Waals surface area (Å²) in [5, 5.41) is 16.0. The number of aromatic carboxylic acids is 1. The molecule has 0 aliphatic rings. The second-order valence-corrected chi connectivity index (χ2v) is 6.48. The number of aliphatic hydroxyl groups is 1. The highest BCUT2D eigenvalue weighted by Gasteiger charge is 2.29. The summed E-state index contributed by atoms with van der Waals surface area (Å²) in [6.45, 7) is 7.65. The molecule has 2 rings (SSSR count). The SMILES string of the molecule is C=C/C=C(\C=C)[S+](c1ccccc1)c1ccc(C(=O)O)cc1.CO. The van der Waals surface area contributed by atoms with Crippen molar-refractivity contribution in [2.24, 2.45) is 0 Å². The van der Waals surface area contributed by atoms with Crippen LogP contribution in [0.15, 0.2) is 101 Å². The summed E-state index contributed by atoms with van der Waals surface area (Å²) in [5.41, 5.74) is 0.285. The molecular formula is C20H21O3S+. The number of benzene rings is 2. The number of allylic oxidation sites excluding steroid dienone is 3. The van der Waals surface area contributed by atoms with Gasteiger partial charge in [0.05, 0.1) is 16.5 Å². The van der Waals surface area contributed by atoms with E-state index in [1.807, 2.05) is 42.5 Å². The molecule has 4 heteroatoms. The summed E-state index contributed by atoms with van der Waals surface area (Å²) >= 11 is 0. The van der Waals surface area contributed by atoms with Gasteiger partial charge < -0.3 is 10.2 Å². The topological polar surface area (TPSA) is 57.5 Å². The van der Waals surface area contributed by atoms with Crippen molar-refractivity contribution in [3.63, 3.8) is 0 Å². The molecule has 0 saturated carbocycles. The van der Waals surface area contributed by atoms with Gasteiger partial charge in [-0.05, 0) is 48.6 Å². The van der Waals surface area contributed by atoms with E-state index in [1.54, 1.807) is 18.2 Å². The summed E-state index contributed by atoms with van der Waals surface area (Å²) in [6.07, 6.45) is 5.50. The van der Waals surface area contributed by atoms with E-state index < -0.39 is 5.97 Å². The molecule has 1 atom stereocenters. The molecule has 24 heavy (non-hydrogen) atoms. The van der Waals surface area contributed by atoms with Gasteiger partial charge >= 0.3 is 5.97 Å². The van der Waals surface area contributed by atoms with Crippen molar-refractivity contribution in [2.75, 3.05) is 7.11 Å². The van der Waals surface area contributed by atoms with Crippen LogP contribution in [-0.2, 0) is 10.9 Å². The maximum Gasteiger partial charge on any atom is 0.335 e. The third-order valence-corrected chi connectivity index (χ3v) is 5.30. The van der Waals surface area contributed by atoms with Gasteiger partial charge in [-0.15, -0.1) is 0 Å². The van der Waals surface area contributed by atoms with E-state index in [2.05, 4.69) is 25.3 Å². The summed E-state index contributed by atoms with van der Waals surface area (Å²) in [5.74, 6) is -0.920. The molecule has 2 aromatic carbocycles. The van der Waals surface area contributed by atoms with E-state index in [0.717, 1.165) is 21.8 Å². The molecule has 0 aliphatic carbocycles. The highest BCUT2D eigenvalue weighted by molar-refractivity contribution is 8.00. The maximum atomic E-state index is 11.0. The predicted octanol–water partition coefficient (Wildman–Crippen LogP) is 4.29. The third-order valence-electron chi connectivity index (χ3n) is 3.03. The molecule has 0 spiro atoms. The first kappa shape index (κ1) is 19.5. The fraction of sp³-hybridized carbons (Fsp3) is 0.0500. The Morgan fingerprint density at radius 2 is 1.50 bits per heavy atom. The molecule has 0 fully saturated rings. The third kappa shape index (κ3) is 4.98. The van der Waals surface area contributed by atoms with Gasteiger partial charge in [-0.3, -0.25) is 0 Å². The molecule has 2 aromatic rings. The van der Waals surface area contributed by atoms with Crippen LogP contribution in [0.1, 0.15) is 10.4 Å². The molecule has 0 aromatic heterocycles. The van der Waals surface area contributed by atoms with Gasteiger partial charge in [-0.2, -0.15) is 0 Å². The number of hydrogen-bond acceptors (Lipinski definition) is 2. The fourth-order valence-electron chi connectivity index (χ4n) is 2.03. The van der Waals surface area contributed by atoms with Crippen LogP contribution in [0.4, 0.5) is 0 Å². The molecule has 2 N–H and O–H groups in total. The quantitative estimate of drug-likeness (QED) is 0.609. The van der Waals surface area contributed by atoms with Gasteiger partial charge in [-0.25, -0.2) is 4.79 Å². The van der Waals surface area contributed by atoms with Crippen LogP contribution in [0.5, 0.6) is 0 Å². The summed E-state index contributed by atoms with van der Waals surface area (Å²) < 4.78 is 0. The lowest BCUT2D eigenvalue weighted by Gasteiger charge is -2.08. The molecule has 0 heterocycles. The molecule has 1 unspecified atom stereocenters. The van der Waals surface area contributed by atoms with E-state index in [9.17, 15) is 4.79 Å². The van der Waals surface area contributed by atoms with E-state index in [-0.39, 0.29) is 16.5 Å². The average molecular weight is 341 g/mol. The van der Waals surface area contributed by atoms with Gasteiger partial charge in [0, 0.05) is 7.11 Å². The molecular weight excluding hydrogens is 320 g/mol. The van der Waals surface area contributed by atoms with Crippen LogP contribution in [0, 0.1) is 0 Å². The van der Waals surface area contributed by atoms with Crippen molar-refractivity contribution in [3.05, 3.63) is 96.5 Å². The number of rotatable bonds is 6. The normalized spacial score (nSPS) is 11.7. The second kappa shape index (κ2) is 10.3. The smallest absolute Gasteiger partial charge is 0.335 e. The molecule has 3 nitrogen and oxygen atoms in total. The van der Waals surface area contributed by atoms with Gasteiger partial charge in [0.25, 0.3) is 0 Å². The van der Waals surface area contributed by atoms with Crippen molar-refractivity contribution in [1.82, 2.24) is 0 Å². The lowest BCUT2D eigenvalue weighted by Crippen LogP contribution is -2.06. The van der Waals surface area contributed by atoms with E-state index in [1.165, 1.54) is 0 Å². The molecule has 0 radical (unpaired) electrons. The lowest BCUT2D eigenvalue weighted by molar-refractivity contribution is 0.0697. The fourth-order valence-corrected chi connectivity index (χ4v) is 4.09. The Bertz CT molecular complexity index is 703. The van der Waals surface area contributed by atoms with Crippen LogP contribution in [0.3, 0.4) is 0 Å². The zero-order valence-electron chi connectivity index (χ0n) is 13.6. The number of aliphatic hydroxyl groups excluding tert-OH is 1. The molecule has 0 amide bonds. The molecule has 124 valence electrons. The van der Waals surface area contributed by atoms with Gasteiger partial charge in [0.1, 0.15) is 0 Å². The second-order valence-electron chi connectivity index (χ2n) is 4.46. The number of carbonyl (C=O) groups is 1. The highest BCUT2D eigenvalue weighted by atomic mass is 32.2. The first-order chi connectivity index (χ1) is 11.7. The number of carboxylic acid groups (broad SMARTS) is 1. The minimum atomic E-state index is -0.920. The van der Waals surface area contributed by atoms with Gasteiger partial charge in [0.2, 0.25) is 0 Å². The predicted molar refractivity (Wildman–Crippen MR) is 100 cm³/mol. The van der Waals surface area contributed by atoms with Crippen molar-refractivity contribution < 1.29 is 15.0 Å². The molecule has 0 aliphatic heterocycles. The van der Waals surface area contributed by atoms with Crippen molar-refractivity contribution >= 4 is 16.9 Å². The lowest BCUT2D eigenvalue weighted by atomic mass is 10.2. The van der Waals surface area contributed by atoms with Crippen LogP contribution in [0.25, 0.3) is 0 Å². The van der Waals surface area contributed by atoms with Crippen molar-refractivity contribution in [2.45, 2.75) is 9.79 Å². The van der Waals surface area contributed by atoms with Crippen LogP contribution < -0.4 is 0 Å². The summed E-state index contributed by atoms with van der Waals surface area (Å²) in [4.78, 5) is 14.2. The minimum Gasteiger partial charge on any atom is -0.478 e. The first-order valence-electron chi connectivity index (χ1n) is 7.20. The Morgan fingerprint density at radius 1 is 0.958 bits per heavy atom. The van der Waals surface area contributed by atoms with Crippen LogP contribution >= 0.6 is 0 Å². The standard InChI is InChI=1S/C19H16O2S.CH4O/c1-3-8-16(4-2)22(17-9-6-5-7-10-17)18-13-11-15(12-14-18)19(20)21;1-2/h3-14H,1-2H2;2H,1H3/p+1/b16-8+;. The van der Waals surface area contributed by atoms with Crippen molar-refractivity contribution in [1.29, 1.82) is 0 Å². The monoisotopic (exact) mass is 341 g/mol. The van der Waals surface area contributed by atoms with E-state index >= 15 is 0 Å². The molecule has 0 saturated heterocycles. The van der Waals surface area contributed by atoms with Gasteiger partial charge in [0.15, 0.2) is 14.7 Å². The zero-order valence-corrected chi connectivity index (χ0v) is 14.4. The first-order valence-corrected chi connectivity index (χ1v) is 8.42. The van der Waals surface area contributed by atoms with Crippen LogP contribution in [-0.4, -0.2) is 23.3 Å². The summed E-state index contributed by atoms with van der Waals surface area (Å²) in [6, 6.07) is 17.1. The minimum absolute atomic E-state index is 0.285. The van der Waals surface area contributed by atoms with Crippen molar-refractivity contribution in [3.8, 4) is 0 Å². The number of hydrogen-bond donors (Lipinski definition) is 2. The maximum absolute atomic E-state index is 11.0. The number of carboxylic acids is 1. The Kier molecular flexibility index (Phi) is 8.33. The Balaban J connectivity index is 0.00000139. The Hall–Kier alpha value is -2.56. The Morgan fingerprint density at radius 3 is 1.96 bits per heavy atom. The largest absolute Gasteiger partial charge is 0.478 e. The average Bonchev–Trinajstić information content (AvgIpc) is 2.64. The zero-order chi connectivity index (χ0) is 17.9. The van der Waals surface area contributed by atoms with E-state index in [0.29, 0.717) is 0 Å². The summed E-state index contributed by atoms with van der Waals surface area (Å²) in [7, 11) is 0.668.